The number of rotatable bonds is 7. The molecule has 0 atom stereocenters. The van der Waals surface area contributed by atoms with Gasteiger partial charge >= 0.3 is 0 Å². The van der Waals surface area contributed by atoms with Crippen LogP contribution in [0.1, 0.15) is 25.8 Å². The number of halogens is 1. The molecule has 0 radical (unpaired) electrons. The summed E-state index contributed by atoms with van der Waals surface area (Å²) in [6, 6.07) is 6.39. The molecule has 1 N–H and O–H groups in total. The average molecular weight is 402 g/mol. The largest absolute Gasteiger partial charge is 0.343 e. The molecule has 0 spiro atoms. The highest BCUT2D eigenvalue weighted by Gasteiger charge is 2.17. The van der Waals surface area contributed by atoms with Crippen LogP contribution in [0.3, 0.4) is 0 Å². The predicted octanol–water partition coefficient (Wildman–Crippen LogP) is 3.78. The van der Waals surface area contributed by atoms with Crippen molar-refractivity contribution in [2.45, 2.75) is 33.7 Å². The quantitative estimate of drug-likeness (QED) is 0.653. The number of benzene rings is 1. The summed E-state index contributed by atoms with van der Waals surface area (Å²) in [6.45, 7) is 7.26. The molecule has 3 aromatic rings. The van der Waals surface area contributed by atoms with Gasteiger partial charge in [0.25, 0.3) is 5.56 Å². The zero-order valence-electron chi connectivity index (χ0n) is 16.2. The Bertz CT molecular complexity index is 1060. The van der Waals surface area contributed by atoms with E-state index in [1.165, 1.54) is 17.4 Å². The molecule has 3 rings (SSSR count). The van der Waals surface area contributed by atoms with Crippen LogP contribution in [-0.2, 0) is 11.3 Å². The fraction of sp³-hybridized carbons (Fsp3) is 0.350. The van der Waals surface area contributed by atoms with Gasteiger partial charge in [0.1, 0.15) is 10.5 Å². The van der Waals surface area contributed by atoms with Crippen molar-refractivity contribution in [1.29, 1.82) is 0 Å². The van der Waals surface area contributed by atoms with Crippen molar-refractivity contribution >= 4 is 39.1 Å². The summed E-state index contributed by atoms with van der Waals surface area (Å²) in [5, 5.41) is 4.52. The topological polar surface area (TPSA) is 67.2 Å². The molecule has 0 aliphatic heterocycles. The Morgan fingerprint density at radius 2 is 2.04 bits per heavy atom. The van der Waals surface area contributed by atoms with E-state index >= 15 is 0 Å². The number of carbonyl (C=O) groups excluding carboxylic acids is 1. The summed E-state index contributed by atoms with van der Waals surface area (Å²) in [6.07, 6.45) is 0.0855. The van der Waals surface area contributed by atoms with E-state index in [9.17, 15) is 14.0 Å². The Morgan fingerprint density at radius 1 is 1.29 bits per heavy atom. The molecule has 0 saturated heterocycles. The predicted molar refractivity (Wildman–Crippen MR) is 112 cm³/mol. The number of fused-ring (bicyclic) bond motifs is 1. The molecule has 8 heteroatoms. The van der Waals surface area contributed by atoms with Crippen LogP contribution in [0.4, 0.5) is 16.0 Å². The monoisotopic (exact) mass is 402 g/mol. The number of hydrogen-bond acceptors (Lipinski definition) is 5. The second-order valence-corrected chi connectivity index (χ2v) is 7.35. The highest BCUT2D eigenvalue weighted by atomic mass is 32.1. The Balaban J connectivity index is 1.83. The molecular formula is C20H23FN4O2S. The SMILES string of the molecule is CCN(CC)c1nc2ccsc2c(=O)n1CCC(=O)Nc1ccc(C)c(F)c1. The smallest absolute Gasteiger partial charge is 0.272 e. The zero-order chi connectivity index (χ0) is 20.3. The number of aromatic nitrogens is 2. The number of thiophene rings is 1. The summed E-state index contributed by atoms with van der Waals surface area (Å²) >= 11 is 1.35. The standard InChI is InChI=1S/C20H23FN4O2S/c1-4-24(5-2)20-23-16-9-11-28-18(16)19(27)25(20)10-8-17(26)22-14-7-6-13(3)15(21)12-14/h6-7,9,11-12H,4-5,8,10H2,1-3H3,(H,22,26). The molecule has 0 unspecified atom stereocenters. The molecule has 0 bridgehead atoms. The van der Waals surface area contributed by atoms with Gasteiger partial charge < -0.3 is 10.2 Å². The lowest BCUT2D eigenvalue weighted by molar-refractivity contribution is -0.116. The van der Waals surface area contributed by atoms with E-state index in [0.29, 0.717) is 40.5 Å². The van der Waals surface area contributed by atoms with E-state index in [-0.39, 0.29) is 30.2 Å². The van der Waals surface area contributed by atoms with Crippen LogP contribution in [0.15, 0.2) is 34.4 Å². The number of carbonyl (C=O) groups is 1. The second-order valence-electron chi connectivity index (χ2n) is 6.44. The van der Waals surface area contributed by atoms with Crippen molar-refractivity contribution in [1.82, 2.24) is 9.55 Å². The summed E-state index contributed by atoms with van der Waals surface area (Å²) in [7, 11) is 0. The number of nitrogens with zero attached hydrogens (tertiary/aromatic N) is 3. The van der Waals surface area contributed by atoms with Gasteiger partial charge in [0.05, 0.1) is 5.52 Å². The van der Waals surface area contributed by atoms with Crippen molar-refractivity contribution < 1.29 is 9.18 Å². The van der Waals surface area contributed by atoms with Gasteiger partial charge in [-0.1, -0.05) is 6.07 Å². The number of amides is 1. The van der Waals surface area contributed by atoms with Crippen LogP contribution in [0.25, 0.3) is 10.2 Å². The third-order valence-corrected chi connectivity index (χ3v) is 5.50. The molecule has 0 fully saturated rings. The lowest BCUT2D eigenvalue weighted by Gasteiger charge is -2.23. The van der Waals surface area contributed by atoms with Crippen LogP contribution in [0.5, 0.6) is 0 Å². The maximum absolute atomic E-state index is 13.7. The van der Waals surface area contributed by atoms with Crippen molar-refractivity contribution in [2.75, 3.05) is 23.3 Å². The summed E-state index contributed by atoms with van der Waals surface area (Å²) < 4.78 is 15.8. The minimum atomic E-state index is -0.370. The molecule has 1 aromatic carbocycles. The van der Waals surface area contributed by atoms with Gasteiger partial charge in [-0.2, -0.15) is 0 Å². The van der Waals surface area contributed by atoms with Crippen LogP contribution in [0.2, 0.25) is 0 Å². The summed E-state index contributed by atoms with van der Waals surface area (Å²) in [5.41, 5.74) is 1.45. The maximum Gasteiger partial charge on any atom is 0.272 e. The van der Waals surface area contributed by atoms with Gasteiger partial charge in [0.15, 0.2) is 0 Å². The molecule has 148 valence electrons. The van der Waals surface area contributed by atoms with Crippen molar-refractivity contribution in [3.8, 4) is 0 Å². The normalized spacial score (nSPS) is 11.0. The maximum atomic E-state index is 13.7. The summed E-state index contributed by atoms with van der Waals surface area (Å²) in [5.74, 6) is -0.0906. The van der Waals surface area contributed by atoms with E-state index in [0.717, 1.165) is 0 Å². The van der Waals surface area contributed by atoms with Gasteiger partial charge in [0.2, 0.25) is 11.9 Å². The first-order chi connectivity index (χ1) is 13.4. The molecule has 0 aliphatic carbocycles. The van der Waals surface area contributed by atoms with E-state index in [2.05, 4.69) is 10.3 Å². The van der Waals surface area contributed by atoms with E-state index < -0.39 is 0 Å². The van der Waals surface area contributed by atoms with Gasteiger partial charge in [-0.05, 0) is 49.9 Å². The van der Waals surface area contributed by atoms with Crippen LogP contribution < -0.4 is 15.8 Å². The van der Waals surface area contributed by atoms with E-state index in [1.54, 1.807) is 23.6 Å². The van der Waals surface area contributed by atoms with Gasteiger partial charge in [-0.3, -0.25) is 14.2 Å². The first kappa shape index (κ1) is 20.0. The Labute approximate surface area is 166 Å². The molecular weight excluding hydrogens is 379 g/mol. The number of anilines is 2. The Hall–Kier alpha value is -2.74. The number of aryl methyl sites for hydroxylation is 1. The third-order valence-electron chi connectivity index (χ3n) is 4.61. The molecule has 2 heterocycles. The van der Waals surface area contributed by atoms with Gasteiger partial charge in [0, 0.05) is 31.7 Å². The highest BCUT2D eigenvalue weighted by Crippen LogP contribution is 2.20. The van der Waals surface area contributed by atoms with Crippen molar-refractivity contribution in [3.63, 3.8) is 0 Å². The van der Waals surface area contributed by atoms with Crippen molar-refractivity contribution in [3.05, 3.63) is 51.4 Å². The molecule has 0 aliphatic rings. The van der Waals surface area contributed by atoms with Gasteiger partial charge in [-0.25, -0.2) is 9.37 Å². The minimum absolute atomic E-state index is 0.0855. The van der Waals surface area contributed by atoms with Crippen LogP contribution in [0, 0.1) is 12.7 Å². The molecule has 28 heavy (non-hydrogen) atoms. The summed E-state index contributed by atoms with van der Waals surface area (Å²) in [4.78, 5) is 31.9. The Kier molecular flexibility index (Phi) is 6.08. The Morgan fingerprint density at radius 3 is 2.71 bits per heavy atom. The lowest BCUT2D eigenvalue weighted by Crippen LogP contribution is -2.33. The van der Waals surface area contributed by atoms with E-state index in [4.69, 9.17) is 0 Å². The average Bonchev–Trinajstić information content (AvgIpc) is 3.14. The minimum Gasteiger partial charge on any atom is -0.343 e. The molecule has 0 saturated carbocycles. The molecule has 2 aromatic heterocycles. The number of nitrogens with one attached hydrogen (secondary N) is 1. The lowest BCUT2D eigenvalue weighted by atomic mass is 10.2. The van der Waals surface area contributed by atoms with Crippen LogP contribution in [-0.4, -0.2) is 28.5 Å². The first-order valence-electron chi connectivity index (χ1n) is 9.23. The third kappa shape index (κ3) is 4.06. The van der Waals surface area contributed by atoms with E-state index in [1.807, 2.05) is 30.2 Å². The fourth-order valence-corrected chi connectivity index (χ4v) is 3.77. The fourth-order valence-electron chi connectivity index (χ4n) is 2.99. The molecule has 1 amide bonds. The first-order valence-corrected chi connectivity index (χ1v) is 10.1. The second kappa shape index (κ2) is 8.52. The highest BCUT2D eigenvalue weighted by molar-refractivity contribution is 7.17. The van der Waals surface area contributed by atoms with Gasteiger partial charge in [-0.15, -0.1) is 11.3 Å². The van der Waals surface area contributed by atoms with Crippen molar-refractivity contribution in [2.24, 2.45) is 0 Å². The zero-order valence-corrected chi connectivity index (χ0v) is 17.0. The molecule has 6 nitrogen and oxygen atoms in total. The van der Waals surface area contributed by atoms with Crippen LogP contribution >= 0.6 is 11.3 Å². The number of hydrogen-bond donors (Lipinski definition) is 1.